The number of nitrogens with one attached hydrogen (secondary N) is 1. The Morgan fingerprint density at radius 3 is 2.70 bits per heavy atom. The highest BCUT2D eigenvalue weighted by atomic mass is 16.2. The second-order valence-corrected chi connectivity index (χ2v) is 4.67. The minimum absolute atomic E-state index is 0.0692. The van der Waals surface area contributed by atoms with Gasteiger partial charge in [-0.25, -0.2) is 0 Å². The number of nitriles is 1. The summed E-state index contributed by atoms with van der Waals surface area (Å²) in [5.41, 5.74) is 0.641. The van der Waals surface area contributed by atoms with Gasteiger partial charge in [0.2, 0.25) is 5.91 Å². The number of benzene rings is 1. The maximum absolute atomic E-state index is 12.1. The lowest BCUT2D eigenvalue weighted by atomic mass is 9.98. The van der Waals surface area contributed by atoms with E-state index in [0.29, 0.717) is 5.69 Å². The van der Waals surface area contributed by atoms with Crippen molar-refractivity contribution in [2.45, 2.75) is 12.5 Å². The summed E-state index contributed by atoms with van der Waals surface area (Å²) in [7, 11) is 1.76. The smallest absolute Gasteiger partial charge is 0.241 e. The Bertz CT molecular complexity index is 575. The zero-order chi connectivity index (χ0) is 14.5. The standard InChI is InChI=1S/C15H15N3O2/c1-18-8-7-14(19)13(18)9-11(10-16)15(20)17-12-5-3-2-4-6-12/h2-8,11,13H,9H2,1H3,(H,17,20). The van der Waals surface area contributed by atoms with E-state index in [0.717, 1.165) is 0 Å². The van der Waals surface area contributed by atoms with Crippen LogP contribution in [0.5, 0.6) is 0 Å². The number of anilines is 1. The number of amides is 1. The Morgan fingerprint density at radius 2 is 2.15 bits per heavy atom. The van der Waals surface area contributed by atoms with Gasteiger partial charge in [0.05, 0.1) is 12.1 Å². The Hall–Kier alpha value is -2.61. The minimum atomic E-state index is -0.855. The van der Waals surface area contributed by atoms with Crippen LogP contribution >= 0.6 is 0 Å². The third kappa shape index (κ3) is 3.04. The van der Waals surface area contributed by atoms with Gasteiger partial charge < -0.3 is 10.2 Å². The largest absolute Gasteiger partial charge is 0.370 e. The summed E-state index contributed by atoms with van der Waals surface area (Å²) in [6.07, 6.45) is 3.32. The topological polar surface area (TPSA) is 73.2 Å². The quantitative estimate of drug-likeness (QED) is 0.900. The summed E-state index contributed by atoms with van der Waals surface area (Å²) < 4.78 is 0. The van der Waals surface area contributed by atoms with E-state index >= 15 is 0 Å². The van der Waals surface area contributed by atoms with E-state index < -0.39 is 12.0 Å². The van der Waals surface area contributed by atoms with Gasteiger partial charge >= 0.3 is 0 Å². The molecule has 0 spiro atoms. The lowest BCUT2D eigenvalue weighted by Gasteiger charge is -2.21. The fourth-order valence-corrected chi connectivity index (χ4v) is 2.08. The van der Waals surface area contributed by atoms with Gasteiger partial charge in [0.15, 0.2) is 5.78 Å². The normalized spacial score (nSPS) is 18.7. The first kappa shape index (κ1) is 13.8. The molecule has 1 aliphatic heterocycles. The SMILES string of the molecule is CN1C=CC(=O)C1CC(C#N)C(=O)Nc1ccccc1. The molecule has 0 saturated heterocycles. The van der Waals surface area contributed by atoms with Crippen LogP contribution in [0.25, 0.3) is 0 Å². The van der Waals surface area contributed by atoms with Crippen molar-refractivity contribution in [2.75, 3.05) is 12.4 Å². The van der Waals surface area contributed by atoms with E-state index in [2.05, 4.69) is 5.32 Å². The molecule has 0 aliphatic carbocycles. The maximum Gasteiger partial charge on any atom is 0.241 e. The molecule has 1 aromatic rings. The fraction of sp³-hybridized carbons (Fsp3) is 0.267. The van der Waals surface area contributed by atoms with Gasteiger partial charge in [0.1, 0.15) is 5.92 Å². The molecule has 2 unspecified atom stereocenters. The second-order valence-electron chi connectivity index (χ2n) is 4.67. The van der Waals surface area contributed by atoms with Gasteiger partial charge in [0, 0.05) is 18.9 Å². The summed E-state index contributed by atoms with van der Waals surface area (Å²) in [6.45, 7) is 0. The van der Waals surface area contributed by atoms with Crippen molar-refractivity contribution < 1.29 is 9.59 Å². The molecule has 5 heteroatoms. The van der Waals surface area contributed by atoms with Gasteiger partial charge in [0.25, 0.3) is 0 Å². The summed E-state index contributed by atoms with van der Waals surface area (Å²) in [4.78, 5) is 25.4. The van der Waals surface area contributed by atoms with Gasteiger partial charge in [-0.3, -0.25) is 9.59 Å². The highest BCUT2D eigenvalue weighted by Gasteiger charge is 2.30. The van der Waals surface area contributed by atoms with Crippen molar-refractivity contribution in [3.05, 3.63) is 42.6 Å². The van der Waals surface area contributed by atoms with E-state index in [9.17, 15) is 9.59 Å². The Balaban J connectivity index is 2.00. The Labute approximate surface area is 117 Å². The van der Waals surface area contributed by atoms with Crippen LogP contribution in [-0.2, 0) is 9.59 Å². The molecular weight excluding hydrogens is 254 g/mol. The number of para-hydroxylation sites is 1. The molecule has 1 aliphatic rings. The lowest BCUT2D eigenvalue weighted by Crippen LogP contribution is -2.34. The third-order valence-corrected chi connectivity index (χ3v) is 3.27. The summed E-state index contributed by atoms with van der Waals surface area (Å²) in [6, 6.07) is 10.5. The van der Waals surface area contributed by atoms with Crippen LogP contribution in [0.1, 0.15) is 6.42 Å². The second kappa shape index (κ2) is 6.02. The van der Waals surface area contributed by atoms with Crippen molar-refractivity contribution in [1.82, 2.24) is 4.90 Å². The van der Waals surface area contributed by atoms with E-state index in [1.54, 1.807) is 42.4 Å². The zero-order valence-corrected chi connectivity index (χ0v) is 11.1. The predicted octanol–water partition coefficient (Wildman–Crippen LogP) is 1.55. The number of hydrogen-bond donors (Lipinski definition) is 1. The van der Waals surface area contributed by atoms with E-state index in [1.165, 1.54) is 6.08 Å². The van der Waals surface area contributed by atoms with Crippen molar-refractivity contribution in [1.29, 1.82) is 5.26 Å². The molecular formula is C15H15N3O2. The maximum atomic E-state index is 12.1. The first-order chi connectivity index (χ1) is 9.61. The summed E-state index contributed by atoms with van der Waals surface area (Å²) in [5, 5.41) is 11.8. The number of carbonyl (C=O) groups is 2. The molecule has 0 bridgehead atoms. The van der Waals surface area contributed by atoms with Crippen LogP contribution in [0.4, 0.5) is 5.69 Å². The van der Waals surface area contributed by atoms with Crippen molar-refractivity contribution >= 4 is 17.4 Å². The summed E-state index contributed by atoms with van der Waals surface area (Å²) >= 11 is 0. The van der Waals surface area contributed by atoms with Crippen molar-refractivity contribution in [3.63, 3.8) is 0 Å². The van der Waals surface area contributed by atoms with E-state index in [-0.39, 0.29) is 18.1 Å². The molecule has 1 heterocycles. The average molecular weight is 269 g/mol. The molecule has 5 nitrogen and oxygen atoms in total. The molecule has 0 saturated carbocycles. The Kier molecular flexibility index (Phi) is 4.16. The molecule has 2 atom stereocenters. The van der Waals surface area contributed by atoms with Crippen molar-refractivity contribution in [3.8, 4) is 6.07 Å². The molecule has 1 N–H and O–H groups in total. The third-order valence-electron chi connectivity index (χ3n) is 3.27. The molecule has 1 amide bonds. The first-order valence-electron chi connectivity index (χ1n) is 6.31. The molecule has 2 rings (SSSR count). The predicted molar refractivity (Wildman–Crippen MR) is 74.5 cm³/mol. The monoisotopic (exact) mass is 269 g/mol. The van der Waals surface area contributed by atoms with Crippen LogP contribution in [0.3, 0.4) is 0 Å². The van der Waals surface area contributed by atoms with Gasteiger partial charge in [-0.2, -0.15) is 5.26 Å². The zero-order valence-electron chi connectivity index (χ0n) is 11.1. The molecule has 102 valence electrons. The molecule has 0 radical (unpaired) electrons. The fourth-order valence-electron chi connectivity index (χ4n) is 2.08. The molecule has 0 aromatic heterocycles. The minimum Gasteiger partial charge on any atom is -0.370 e. The average Bonchev–Trinajstić information content (AvgIpc) is 2.76. The number of ketones is 1. The molecule has 20 heavy (non-hydrogen) atoms. The first-order valence-corrected chi connectivity index (χ1v) is 6.31. The van der Waals surface area contributed by atoms with Crippen LogP contribution < -0.4 is 5.32 Å². The molecule has 1 aromatic carbocycles. The lowest BCUT2D eigenvalue weighted by molar-refractivity contribution is -0.120. The van der Waals surface area contributed by atoms with E-state index in [1.807, 2.05) is 12.1 Å². The number of rotatable bonds is 4. The van der Waals surface area contributed by atoms with Gasteiger partial charge in [-0.05, 0) is 24.6 Å². The number of carbonyl (C=O) groups excluding carboxylic acids is 2. The highest BCUT2D eigenvalue weighted by molar-refractivity contribution is 5.98. The number of hydrogen-bond acceptors (Lipinski definition) is 4. The van der Waals surface area contributed by atoms with E-state index in [4.69, 9.17) is 5.26 Å². The van der Waals surface area contributed by atoms with Crippen LogP contribution in [0, 0.1) is 17.2 Å². The van der Waals surface area contributed by atoms with Gasteiger partial charge in [-0.15, -0.1) is 0 Å². The Morgan fingerprint density at radius 1 is 1.45 bits per heavy atom. The van der Waals surface area contributed by atoms with Crippen LogP contribution in [0.2, 0.25) is 0 Å². The highest BCUT2D eigenvalue weighted by Crippen LogP contribution is 2.18. The summed E-state index contributed by atoms with van der Waals surface area (Å²) in [5.74, 6) is -1.31. The van der Waals surface area contributed by atoms with Crippen LogP contribution in [-0.4, -0.2) is 29.7 Å². The van der Waals surface area contributed by atoms with Crippen LogP contribution in [0.15, 0.2) is 42.6 Å². The van der Waals surface area contributed by atoms with Gasteiger partial charge in [-0.1, -0.05) is 18.2 Å². The number of nitrogens with zero attached hydrogens (tertiary/aromatic N) is 2. The molecule has 0 fully saturated rings. The number of likely N-dealkylation sites (N-methyl/N-ethyl adjacent to an activating group) is 1. The van der Waals surface area contributed by atoms with Crippen molar-refractivity contribution in [2.24, 2.45) is 5.92 Å².